The van der Waals surface area contributed by atoms with Crippen molar-refractivity contribution in [1.29, 1.82) is 0 Å². The van der Waals surface area contributed by atoms with Gasteiger partial charge in [0.1, 0.15) is 0 Å². The van der Waals surface area contributed by atoms with Gasteiger partial charge in [-0.15, -0.1) is 0 Å². The van der Waals surface area contributed by atoms with E-state index in [2.05, 4.69) is 14.8 Å². The minimum Gasteiger partial charge on any atom is -0.453 e. The van der Waals surface area contributed by atoms with E-state index in [1.54, 1.807) is 4.90 Å². The number of rotatable bonds is 2. The molecule has 0 spiro atoms. The zero-order valence-corrected chi connectivity index (χ0v) is 9.59. The second kappa shape index (κ2) is 5.55. The number of amidine groups is 1. The molecule has 0 aliphatic carbocycles. The van der Waals surface area contributed by atoms with Crippen LogP contribution in [-0.2, 0) is 4.74 Å². The van der Waals surface area contributed by atoms with Crippen LogP contribution in [0.3, 0.4) is 0 Å². The molecule has 0 aromatic rings. The maximum Gasteiger partial charge on any atom is 0.409 e. The van der Waals surface area contributed by atoms with Crippen molar-refractivity contribution in [3.63, 3.8) is 0 Å². The first-order chi connectivity index (χ1) is 7.60. The van der Waals surface area contributed by atoms with Crippen molar-refractivity contribution in [3.8, 4) is 0 Å². The number of hydrogen-bond donors (Lipinski definition) is 2. The third-order valence-electron chi connectivity index (χ3n) is 2.84. The highest BCUT2D eigenvalue weighted by atomic mass is 16.5. The molecule has 1 saturated heterocycles. The van der Waals surface area contributed by atoms with Crippen LogP contribution >= 0.6 is 0 Å². The summed E-state index contributed by atoms with van der Waals surface area (Å²) in [5.74, 6) is 0.187. The highest BCUT2D eigenvalue weighted by Crippen LogP contribution is 2.07. The van der Waals surface area contributed by atoms with Crippen LogP contribution in [0.5, 0.6) is 0 Å². The Labute approximate surface area is 94.4 Å². The summed E-state index contributed by atoms with van der Waals surface area (Å²) in [7, 11) is 1.37. The van der Waals surface area contributed by atoms with Crippen molar-refractivity contribution in [2.24, 2.45) is 10.9 Å². The maximum absolute atomic E-state index is 11.2. The molecule has 16 heavy (non-hydrogen) atoms. The van der Waals surface area contributed by atoms with Crippen LogP contribution in [0.1, 0.15) is 6.92 Å². The summed E-state index contributed by atoms with van der Waals surface area (Å²) in [6.45, 7) is 4.42. The molecule has 1 fully saturated rings. The molecule has 7 heteroatoms. The van der Waals surface area contributed by atoms with Crippen molar-refractivity contribution in [1.82, 2.24) is 9.80 Å². The molecule has 0 aromatic heterocycles. The standard InChI is InChI=1S/C9H18N4O3/c1-7(8(10)11-15)12-3-5-13(6-4-12)9(14)16-2/h7,15H,3-6H2,1-2H3,(H2,10,11). The highest BCUT2D eigenvalue weighted by Gasteiger charge is 2.25. The number of methoxy groups -OCH3 is 1. The molecule has 0 aromatic carbocycles. The van der Waals surface area contributed by atoms with E-state index in [0.717, 1.165) is 0 Å². The smallest absolute Gasteiger partial charge is 0.409 e. The third kappa shape index (κ3) is 2.75. The monoisotopic (exact) mass is 230 g/mol. The predicted octanol–water partition coefficient (Wildman–Crippen LogP) is -0.495. The van der Waals surface area contributed by atoms with E-state index in [0.29, 0.717) is 26.2 Å². The van der Waals surface area contributed by atoms with E-state index in [4.69, 9.17) is 10.9 Å². The largest absolute Gasteiger partial charge is 0.453 e. The lowest BCUT2D eigenvalue weighted by atomic mass is 10.2. The van der Waals surface area contributed by atoms with Crippen molar-refractivity contribution in [2.45, 2.75) is 13.0 Å². The first kappa shape index (κ1) is 12.6. The van der Waals surface area contributed by atoms with Crippen LogP contribution in [-0.4, -0.2) is 66.3 Å². The van der Waals surface area contributed by atoms with Crippen molar-refractivity contribution >= 4 is 11.9 Å². The maximum atomic E-state index is 11.2. The molecule has 92 valence electrons. The van der Waals surface area contributed by atoms with Crippen LogP contribution in [0.4, 0.5) is 4.79 Å². The summed E-state index contributed by atoms with van der Waals surface area (Å²) in [6, 6.07) is -0.121. The zero-order chi connectivity index (χ0) is 12.1. The number of carbonyl (C=O) groups is 1. The Bertz CT molecular complexity index is 274. The van der Waals surface area contributed by atoms with Crippen LogP contribution in [0.15, 0.2) is 5.16 Å². The summed E-state index contributed by atoms with van der Waals surface area (Å²) >= 11 is 0. The van der Waals surface area contributed by atoms with E-state index in [-0.39, 0.29) is 18.0 Å². The number of oxime groups is 1. The van der Waals surface area contributed by atoms with Gasteiger partial charge in [0.2, 0.25) is 0 Å². The van der Waals surface area contributed by atoms with E-state index >= 15 is 0 Å². The van der Waals surface area contributed by atoms with E-state index in [1.165, 1.54) is 7.11 Å². The molecule has 1 heterocycles. The number of piperazine rings is 1. The minimum atomic E-state index is -0.309. The number of ether oxygens (including phenoxy) is 1. The molecular weight excluding hydrogens is 212 g/mol. The van der Waals surface area contributed by atoms with Gasteiger partial charge in [0.05, 0.1) is 13.2 Å². The second-order valence-electron chi connectivity index (χ2n) is 3.69. The molecule has 7 nitrogen and oxygen atoms in total. The summed E-state index contributed by atoms with van der Waals surface area (Å²) in [6.07, 6.45) is -0.309. The Hall–Kier alpha value is -1.50. The molecule has 0 saturated carbocycles. The lowest BCUT2D eigenvalue weighted by Crippen LogP contribution is -2.54. The topological polar surface area (TPSA) is 91.4 Å². The Morgan fingerprint density at radius 2 is 2.00 bits per heavy atom. The highest BCUT2D eigenvalue weighted by molar-refractivity contribution is 5.84. The normalized spacial score (nSPS) is 20.6. The molecule has 1 rings (SSSR count). The average Bonchev–Trinajstić information content (AvgIpc) is 2.36. The molecule has 1 aliphatic rings. The van der Waals surface area contributed by atoms with Crippen LogP contribution in [0.2, 0.25) is 0 Å². The summed E-state index contributed by atoms with van der Waals surface area (Å²) in [5.41, 5.74) is 5.52. The summed E-state index contributed by atoms with van der Waals surface area (Å²) in [4.78, 5) is 14.9. The van der Waals surface area contributed by atoms with Gasteiger partial charge in [-0.05, 0) is 6.92 Å². The molecule has 1 unspecified atom stereocenters. The van der Waals surface area contributed by atoms with Gasteiger partial charge in [-0.1, -0.05) is 5.16 Å². The third-order valence-corrected chi connectivity index (χ3v) is 2.84. The van der Waals surface area contributed by atoms with Gasteiger partial charge in [-0.2, -0.15) is 0 Å². The van der Waals surface area contributed by atoms with Gasteiger partial charge >= 0.3 is 6.09 Å². The van der Waals surface area contributed by atoms with Crippen LogP contribution in [0.25, 0.3) is 0 Å². The van der Waals surface area contributed by atoms with Gasteiger partial charge in [0.25, 0.3) is 0 Å². The summed E-state index contributed by atoms with van der Waals surface area (Å²) < 4.78 is 4.63. The first-order valence-electron chi connectivity index (χ1n) is 5.14. The van der Waals surface area contributed by atoms with E-state index < -0.39 is 0 Å². The van der Waals surface area contributed by atoms with Crippen LogP contribution < -0.4 is 5.73 Å². The molecular formula is C9H18N4O3. The van der Waals surface area contributed by atoms with Crippen molar-refractivity contribution < 1.29 is 14.7 Å². The van der Waals surface area contributed by atoms with E-state index in [1.807, 2.05) is 6.92 Å². The minimum absolute atomic E-state index is 0.121. The number of amides is 1. The molecule has 0 radical (unpaired) electrons. The second-order valence-corrected chi connectivity index (χ2v) is 3.69. The molecule has 1 atom stereocenters. The number of hydrogen-bond acceptors (Lipinski definition) is 5. The van der Waals surface area contributed by atoms with Gasteiger partial charge in [-0.3, -0.25) is 4.90 Å². The lowest BCUT2D eigenvalue weighted by Gasteiger charge is -2.36. The fourth-order valence-electron chi connectivity index (χ4n) is 1.69. The first-order valence-corrected chi connectivity index (χ1v) is 5.14. The Kier molecular flexibility index (Phi) is 4.36. The lowest BCUT2D eigenvalue weighted by molar-refractivity contribution is 0.0864. The molecule has 1 aliphatic heterocycles. The fourth-order valence-corrected chi connectivity index (χ4v) is 1.69. The molecule has 3 N–H and O–H groups in total. The SMILES string of the molecule is COC(=O)N1CCN(C(C)C(N)=NO)CC1. The Balaban J connectivity index is 2.46. The summed E-state index contributed by atoms with van der Waals surface area (Å²) in [5, 5.41) is 11.5. The van der Waals surface area contributed by atoms with Crippen LogP contribution in [0, 0.1) is 0 Å². The Morgan fingerprint density at radius 1 is 1.44 bits per heavy atom. The molecule has 1 amide bonds. The van der Waals surface area contributed by atoms with Gasteiger partial charge in [-0.25, -0.2) is 4.79 Å². The van der Waals surface area contributed by atoms with E-state index in [9.17, 15) is 4.79 Å². The number of nitrogens with zero attached hydrogens (tertiary/aromatic N) is 3. The fraction of sp³-hybridized carbons (Fsp3) is 0.778. The van der Waals surface area contributed by atoms with Gasteiger partial charge < -0.3 is 20.6 Å². The zero-order valence-electron chi connectivity index (χ0n) is 9.59. The van der Waals surface area contributed by atoms with Gasteiger partial charge in [0, 0.05) is 26.2 Å². The predicted molar refractivity (Wildman–Crippen MR) is 58.4 cm³/mol. The van der Waals surface area contributed by atoms with Crippen molar-refractivity contribution in [3.05, 3.63) is 0 Å². The number of carbonyl (C=O) groups excluding carboxylic acids is 1. The molecule has 0 bridgehead atoms. The average molecular weight is 230 g/mol. The van der Waals surface area contributed by atoms with Gasteiger partial charge in [0.15, 0.2) is 5.84 Å². The number of nitrogens with two attached hydrogens (primary N) is 1. The van der Waals surface area contributed by atoms with Crippen molar-refractivity contribution in [2.75, 3.05) is 33.3 Å². The Morgan fingerprint density at radius 3 is 2.44 bits per heavy atom. The quantitative estimate of drug-likeness (QED) is 0.289.